The number of hydrogen-bond donors (Lipinski definition) is 3. The molecule has 0 aromatic heterocycles. The highest BCUT2D eigenvalue weighted by molar-refractivity contribution is 9.10. The number of unbranched alkanes of at least 4 members (excludes halogenated alkanes) is 3. The minimum Gasteiger partial charge on any atom is -0.494 e. The molecule has 3 N–H and O–H groups in total. The Balaban J connectivity index is 1.77. The Hall–Kier alpha value is -2.69. The summed E-state index contributed by atoms with van der Waals surface area (Å²) in [7, 11) is 1.59. The number of carbonyl (C=O) groups excluding carboxylic acids is 2. The van der Waals surface area contributed by atoms with Crippen molar-refractivity contribution in [2.24, 2.45) is 0 Å². The van der Waals surface area contributed by atoms with E-state index in [9.17, 15) is 9.59 Å². The number of methoxy groups -OCH3 is 1. The molecule has 0 fully saturated rings. The van der Waals surface area contributed by atoms with Gasteiger partial charge < -0.3 is 14.2 Å². The molecule has 10 heteroatoms. The Morgan fingerprint density at radius 3 is 2.29 bits per heavy atom. The van der Waals surface area contributed by atoms with Crippen molar-refractivity contribution in [2.75, 3.05) is 26.9 Å². The van der Waals surface area contributed by atoms with Gasteiger partial charge in [-0.3, -0.25) is 25.8 Å². The molecule has 0 bridgehead atoms. The topological polar surface area (TPSA) is 97.9 Å². The molecule has 34 heavy (non-hydrogen) atoms. The average molecular weight is 552 g/mol. The highest BCUT2D eigenvalue weighted by atomic mass is 79.9. The first-order chi connectivity index (χ1) is 16.4. The minimum absolute atomic E-state index is 0.0399. The summed E-state index contributed by atoms with van der Waals surface area (Å²) in [5, 5.41) is 2.47. The zero-order valence-corrected chi connectivity index (χ0v) is 21.7. The predicted octanol–water partition coefficient (Wildman–Crippen LogP) is 4.38. The first-order valence-electron chi connectivity index (χ1n) is 11.0. The monoisotopic (exact) mass is 551 g/mol. The first kappa shape index (κ1) is 27.6. The third-order valence-electron chi connectivity index (χ3n) is 4.64. The molecule has 0 saturated heterocycles. The van der Waals surface area contributed by atoms with Crippen LogP contribution < -0.4 is 25.6 Å². The van der Waals surface area contributed by atoms with E-state index in [2.05, 4.69) is 39.0 Å². The lowest BCUT2D eigenvalue weighted by Crippen LogP contribution is -2.48. The van der Waals surface area contributed by atoms with Gasteiger partial charge in [-0.25, -0.2) is 0 Å². The lowest BCUT2D eigenvalue weighted by molar-refractivity contribution is 0.0934. The van der Waals surface area contributed by atoms with E-state index in [1.165, 1.54) is 12.8 Å². The number of amides is 2. The van der Waals surface area contributed by atoms with E-state index in [0.29, 0.717) is 46.9 Å². The van der Waals surface area contributed by atoms with E-state index in [1.54, 1.807) is 49.6 Å². The first-order valence-corrected chi connectivity index (χ1v) is 12.2. The molecule has 2 amide bonds. The molecule has 0 aliphatic carbocycles. The third kappa shape index (κ3) is 9.66. The van der Waals surface area contributed by atoms with Crippen LogP contribution in [0.5, 0.6) is 11.5 Å². The number of rotatable bonds is 12. The SMILES string of the molecule is CCCCCCOc1ccc(C(=O)NNC(=S)NC(=O)c2ccc(OCCOC)c(Br)c2)cc1. The Kier molecular flexibility index (Phi) is 12.4. The maximum absolute atomic E-state index is 12.4. The number of carbonyl (C=O) groups is 2. The number of hydrazine groups is 1. The highest BCUT2D eigenvalue weighted by Gasteiger charge is 2.12. The Morgan fingerprint density at radius 2 is 1.62 bits per heavy atom. The molecular formula is C24H30BrN3O5S. The maximum Gasteiger partial charge on any atom is 0.269 e. The van der Waals surface area contributed by atoms with Crippen molar-refractivity contribution in [1.29, 1.82) is 0 Å². The zero-order valence-electron chi connectivity index (χ0n) is 19.3. The van der Waals surface area contributed by atoms with Gasteiger partial charge in [0.15, 0.2) is 5.11 Å². The van der Waals surface area contributed by atoms with Gasteiger partial charge in [-0.1, -0.05) is 26.2 Å². The molecule has 8 nitrogen and oxygen atoms in total. The number of nitrogens with one attached hydrogen (secondary N) is 3. The van der Waals surface area contributed by atoms with Crippen molar-refractivity contribution in [3.63, 3.8) is 0 Å². The number of benzene rings is 2. The summed E-state index contributed by atoms with van der Waals surface area (Å²) in [6.45, 7) is 3.67. The molecule has 0 unspecified atom stereocenters. The third-order valence-corrected chi connectivity index (χ3v) is 5.46. The summed E-state index contributed by atoms with van der Waals surface area (Å²) < 4.78 is 16.8. The van der Waals surface area contributed by atoms with E-state index < -0.39 is 11.8 Å². The van der Waals surface area contributed by atoms with Gasteiger partial charge in [0.2, 0.25) is 0 Å². The van der Waals surface area contributed by atoms with E-state index in [1.807, 2.05) is 0 Å². The van der Waals surface area contributed by atoms with Crippen LogP contribution in [0, 0.1) is 0 Å². The van der Waals surface area contributed by atoms with Crippen molar-refractivity contribution in [3.8, 4) is 11.5 Å². The molecule has 0 spiro atoms. The molecule has 0 aliphatic heterocycles. The summed E-state index contributed by atoms with van der Waals surface area (Å²) in [5.74, 6) is 0.474. The van der Waals surface area contributed by atoms with Crippen LogP contribution in [0.2, 0.25) is 0 Å². The van der Waals surface area contributed by atoms with Gasteiger partial charge in [-0.2, -0.15) is 0 Å². The summed E-state index contributed by atoms with van der Waals surface area (Å²) in [4.78, 5) is 24.8. The molecular weight excluding hydrogens is 522 g/mol. The van der Waals surface area contributed by atoms with Gasteiger partial charge in [-0.15, -0.1) is 0 Å². The second-order valence-corrected chi connectivity index (χ2v) is 8.54. The number of ether oxygens (including phenoxy) is 3. The Labute approximate surface area is 213 Å². The lowest BCUT2D eigenvalue weighted by atomic mass is 10.2. The van der Waals surface area contributed by atoms with Gasteiger partial charge in [-0.05, 0) is 77.0 Å². The van der Waals surface area contributed by atoms with Crippen molar-refractivity contribution >= 4 is 45.1 Å². The smallest absolute Gasteiger partial charge is 0.269 e. The second-order valence-electron chi connectivity index (χ2n) is 7.28. The lowest BCUT2D eigenvalue weighted by Gasteiger charge is -2.12. The van der Waals surface area contributed by atoms with Crippen molar-refractivity contribution in [2.45, 2.75) is 32.6 Å². The second kappa shape index (κ2) is 15.3. The fourth-order valence-corrected chi connectivity index (χ4v) is 3.44. The molecule has 2 aromatic carbocycles. The van der Waals surface area contributed by atoms with Crippen molar-refractivity contribution < 1.29 is 23.8 Å². The fourth-order valence-electron chi connectivity index (χ4n) is 2.81. The molecule has 2 aromatic rings. The molecule has 0 atom stereocenters. The van der Waals surface area contributed by atoms with E-state index in [4.69, 9.17) is 26.4 Å². The van der Waals surface area contributed by atoms with Crippen LogP contribution in [-0.4, -0.2) is 43.9 Å². The van der Waals surface area contributed by atoms with Crippen LogP contribution in [0.1, 0.15) is 53.3 Å². The molecule has 0 heterocycles. The number of hydrogen-bond acceptors (Lipinski definition) is 6. The van der Waals surface area contributed by atoms with Gasteiger partial charge >= 0.3 is 0 Å². The van der Waals surface area contributed by atoms with Crippen LogP contribution in [-0.2, 0) is 4.74 Å². The Morgan fingerprint density at radius 1 is 0.882 bits per heavy atom. The van der Waals surface area contributed by atoms with E-state index in [0.717, 1.165) is 12.8 Å². The zero-order chi connectivity index (χ0) is 24.8. The van der Waals surface area contributed by atoms with Gasteiger partial charge in [0.25, 0.3) is 11.8 Å². The van der Waals surface area contributed by atoms with Crippen LogP contribution >= 0.6 is 28.1 Å². The summed E-state index contributed by atoms with van der Waals surface area (Å²) in [5.41, 5.74) is 5.78. The van der Waals surface area contributed by atoms with Crippen LogP contribution in [0.4, 0.5) is 0 Å². The number of halogens is 1. The van der Waals surface area contributed by atoms with E-state index in [-0.39, 0.29) is 5.11 Å². The average Bonchev–Trinajstić information content (AvgIpc) is 2.84. The van der Waals surface area contributed by atoms with Crippen LogP contribution in [0.15, 0.2) is 46.9 Å². The van der Waals surface area contributed by atoms with Crippen LogP contribution in [0.3, 0.4) is 0 Å². The van der Waals surface area contributed by atoms with Gasteiger partial charge in [0.05, 0.1) is 17.7 Å². The van der Waals surface area contributed by atoms with Gasteiger partial charge in [0.1, 0.15) is 18.1 Å². The summed E-state index contributed by atoms with van der Waals surface area (Å²) >= 11 is 8.48. The molecule has 0 saturated carbocycles. The largest absolute Gasteiger partial charge is 0.494 e. The highest BCUT2D eigenvalue weighted by Crippen LogP contribution is 2.26. The minimum atomic E-state index is -0.434. The molecule has 184 valence electrons. The van der Waals surface area contributed by atoms with Gasteiger partial charge in [0, 0.05) is 18.2 Å². The number of thiocarbonyl (C=S) groups is 1. The molecule has 2 rings (SSSR count). The maximum atomic E-state index is 12.4. The molecule has 0 aliphatic rings. The predicted molar refractivity (Wildman–Crippen MR) is 138 cm³/mol. The van der Waals surface area contributed by atoms with Crippen molar-refractivity contribution in [1.82, 2.24) is 16.2 Å². The normalized spacial score (nSPS) is 10.3. The standard InChI is InChI=1S/C24H30BrN3O5S/c1-3-4-5-6-13-32-19-10-7-17(8-11-19)23(30)27-28-24(34)26-22(29)18-9-12-21(20(25)16-18)33-15-14-31-2/h7-12,16H,3-6,13-15H2,1-2H3,(H,27,30)(H2,26,28,29,34). The molecule has 0 radical (unpaired) electrons. The summed E-state index contributed by atoms with van der Waals surface area (Å²) in [6.07, 6.45) is 4.53. The Bertz CT molecular complexity index is 956. The van der Waals surface area contributed by atoms with Crippen molar-refractivity contribution in [3.05, 3.63) is 58.1 Å². The quantitative estimate of drug-likeness (QED) is 0.204. The van der Waals surface area contributed by atoms with Crippen LogP contribution in [0.25, 0.3) is 0 Å². The summed E-state index contributed by atoms with van der Waals surface area (Å²) in [6, 6.07) is 11.7. The fraction of sp³-hybridized carbons (Fsp3) is 0.375. The van der Waals surface area contributed by atoms with E-state index >= 15 is 0 Å².